The number of non-ortho nitro benzene ring substituents is 1. The first-order valence-corrected chi connectivity index (χ1v) is 10.3. The van der Waals surface area contributed by atoms with Crippen LogP contribution in [0.25, 0.3) is 0 Å². The number of ether oxygens (including phenoxy) is 3. The Morgan fingerprint density at radius 2 is 1.88 bits per heavy atom. The second kappa shape index (κ2) is 9.34. The third kappa shape index (κ3) is 4.38. The zero-order valence-electron chi connectivity index (χ0n) is 18.1. The van der Waals surface area contributed by atoms with E-state index in [9.17, 15) is 20.2 Å². The number of carbonyl (C=O) groups is 1. The Labute approximate surface area is 194 Å². The fourth-order valence-corrected chi connectivity index (χ4v) is 3.68. The molecule has 1 aliphatic rings. The Balaban J connectivity index is 1.65. The molecule has 0 aromatic heterocycles. The maximum Gasteiger partial charge on any atom is 0.343 e. The van der Waals surface area contributed by atoms with Gasteiger partial charge in [-0.05, 0) is 42.8 Å². The lowest BCUT2D eigenvalue weighted by atomic mass is 9.83. The molecule has 0 bridgehead atoms. The number of nitro groups is 1. The van der Waals surface area contributed by atoms with Crippen LogP contribution in [-0.4, -0.2) is 17.5 Å². The number of allylic oxidation sites excluding steroid dienone is 1. The molecule has 0 saturated carbocycles. The number of hydrogen-bond donors (Lipinski definition) is 1. The third-order valence-electron chi connectivity index (χ3n) is 5.22. The zero-order valence-corrected chi connectivity index (χ0v) is 18.1. The summed E-state index contributed by atoms with van der Waals surface area (Å²) in [5.41, 5.74) is 7.42. The van der Waals surface area contributed by atoms with Gasteiger partial charge in [-0.25, -0.2) is 4.79 Å². The van der Waals surface area contributed by atoms with Gasteiger partial charge in [0.05, 0.1) is 23.0 Å². The molecule has 170 valence electrons. The fourth-order valence-electron chi connectivity index (χ4n) is 3.68. The number of rotatable bonds is 6. The Morgan fingerprint density at radius 3 is 2.56 bits per heavy atom. The van der Waals surface area contributed by atoms with Gasteiger partial charge in [-0.15, -0.1) is 0 Å². The molecule has 1 aliphatic heterocycles. The van der Waals surface area contributed by atoms with Crippen LogP contribution in [0.15, 0.2) is 78.2 Å². The van der Waals surface area contributed by atoms with E-state index < -0.39 is 16.8 Å². The quantitative estimate of drug-likeness (QED) is 0.248. The molecule has 1 heterocycles. The predicted octanol–water partition coefficient (Wildman–Crippen LogP) is 4.43. The Bertz CT molecular complexity index is 1340. The second-order valence-corrected chi connectivity index (χ2v) is 7.32. The Morgan fingerprint density at radius 1 is 1.15 bits per heavy atom. The molecular formula is C25H19N3O6. The zero-order chi connectivity index (χ0) is 24.2. The van der Waals surface area contributed by atoms with Crippen molar-refractivity contribution in [2.75, 3.05) is 6.61 Å². The van der Waals surface area contributed by atoms with Crippen LogP contribution < -0.4 is 19.9 Å². The van der Waals surface area contributed by atoms with Crippen molar-refractivity contribution in [3.8, 4) is 23.3 Å². The van der Waals surface area contributed by atoms with Crippen LogP contribution in [0, 0.1) is 21.4 Å². The minimum atomic E-state index is -0.676. The molecule has 3 aromatic carbocycles. The normalized spacial score (nSPS) is 14.4. The number of nitrogens with two attached hydrogens (primary N) is 1. The summed E-state index contributed by atoms with van der Waals surface area (Å²) < 4.78 is 16.5. The van der Waals surface area contributed by atoms with Gasteiger partial charge in [-0.1, -0.05) is 18.2 Å². The van der Waals surface area contributed by atoms with Gasteiger partial charge >= 0.3 is 5.97 Å². The molecule has 0 aliphatic carbocycles. The summed E-state index contributed by atoms with van der Waals surface area (Å²) in [5, 5.41) is 20.9. The van der Waals surface area contributed by atoms with E-state index in [-0.39, 0.29) is 28.6 Å². The number of fused-ring (bicyclic) bond motifs is 1. The molecule has 0 fully saturated rings. The van der Waals surface area contributed by atoms with E-state index in [0.29, 0.717) is 29.0 Å². The van der Waals surface area contributed by atoms with Gasteiger partial charge in [0.25, 0.3) is 5.69 Å². The minimum absolute atomic E-state index is 0.109. The van der Waals surface area contributed by atoms with Crippen molar-refractivity contribution in [2.24, 2.45) is 5.73 Å². The molecule has 1 atom stereocenters. The topological polar surface area (TPSA) is 138 Å². The number of hydrogen-bond acceptors (Lipinski definition) is 8. The van der Waals surface area contributed by atoms with E-state index in [1.54, 1.807) is 48.5 Å². The van der Waals surface area contributed by atoms with Crippen molar-refractivity contribution in [2.45, 2.75) is 12.8 Å². The summed E-state index contributed by atoms with van der Waals surface area (Å²) in [4.78, 5) is 23.3. The average Bonchev–Trinajstić information content (AvgIpc) is 2.83. The van der Waals surface area contributed by atoms with Crippen LogP contribution in [0.4, 0.5) is 5.69 Å². The van der Waals surface area contributed by atoms with Crippen molar-refractivity contribution in [1.82, 2.24) is 0 Å². The molecule has 0 spiro atoms. The highest BCUT2D eigenvalue weighted by Crippen LogP contribution is 2.44. The molecule has 0 radical (unpaired) electrons. The highest BCUT2D eigenvalue weighted by atomic mass is 16.6. The van der Waals surface area contributed by atoms with Crippen LogP contribution in [0.5, 0.6) is 17.2 Å². The molecule has 0 amide bonds. The van der Waals surface area contributed by atoms with Crippen molar-refractivity contribution < 1.29 is 23.9 Å². The van der Waals surface area contributed by atoms with E-state index in [1.807, 2.05) is 13.0 Å². The summed E-state index contributed by atoms with van der Waals surface area (Å²) >= 11 is 0. The van der Waals surface area contributed by atoms with Crippen LogP contribution in [0.1, 0.15) is 34.3 Å². The summed E-state index contributed by atoms with van der Waals surface area (Å²) in [6, 6.07) is 19.3. The number of nitro benzene ring substituents is 1. The minimum Gasteiger partial charge on any atom is -0.494 e. The summed E-state index contributed by atoms with van der Waals surface area (Å²) in [6.45, 7) is 2.38. The van der Waals surface area contributed by atoms with Crippen molar-refractivity contribution in [3.05, 3.63) is 105 Å². The van der Waals surface area contributed by atoms with Crippen molar-refractivity contribution in [3.63, 3.8) is 0 Å². The van der Waals surface area contributed by atoms with Gasteiger partial charge in [-0.3, -0.25) is 10.1 Å². The van der Waals surface area contributed by atoms with Crippen LogP contribution >= 0.6 is 0 Å². The lowest BCUT2D eigenvalue weighted by molar-refractivity contribution is -0.384. The van der Waals surface area contributed by atoms with Crippen molar-refractivity contribution >= 4 is 11.7 Å². The number of esters is 1. The lowest BCUT2D eigenvalue weighted by Gasteiger charge is -2.26. The fraction of sp³-hybridized carbons (Fsp3) is 0.120. The summed E-state index contributed by atoms with van der Waals surface area (Å²) in [6.07, 6.45) is 0. The smallest absolute Gasteiger partial charge is 0.343 e. The molecule has 3 aromatic rings. The molecule has 9 nitrogen and oxygen atoms in total. The first-order chi connectivity index (χ1) is 16.4. The van der Waals surface area contributed by atoms with Crippen LogP contribution in [0.3, 0.4) is 0 Å². The molecule has 2 N–H and O–H groups in total. The molecular weight excluding hydrogens is 438 g/mol. The first-order valence-electron chi connectivity index (χ1n) is 10.3. The number of benzene rings is 3. The van der Waals surface area contributed by atoms with Crippen molar-refractivity contribution in [1.29, 1.82) is 5.26 Å². The summed E-state index contributed by atoms with van der Waals surface area (Å²) in [5.74, 6) is -0.237. The molecule has 4 rings (SSSR count). The van der Waals surface area contributed by atoms with E-state index >= 15 is 0 Å². The van der Waals surface area contributed by atoms with E-state index in [0.717, 1.165) is 0 Å². The molecule has 9 heteroatoms. The summed E-state index contributed by atoms with van der Waals surface area (Å²) in [7, 11) is 0. The van der Waals surface area contributed by atoms with E-state index in [4.69, 9.17) is 19.9 Å². The highest BCUT2D eigenvalue weighted by molar-refractivity contribution is 5.91. The Kier molecular flexibility index (Phi) is 6.14. The predicted molar refractivity (Wildman–Crippen MR) is 121 cm³/mol. The van der Waals surface area contributed by atoms with Crippen LogP contribution in [0.2, 0.25) is 0 Å². The van der Waals surface area contributed by atoms with Gasteiger partial charge in [0.1, 0.15) is 28.9 Å². The standard InChI is InChI=1S/C25H19N3O6/c1-2-32-18-8-6-15(7-9-18)25(29)33-19-10-11-20-22(13-19)34-24(27)21(14-26)23(20)16-4-3-5-17(12-16)28(30)31/h3-13,23H,2,27H2,1H3. The SMILES string of the molecule is CCOc1ccc(C(=O)Oc2ccc3c(c2)OC(N)=C(C#N)C3c2cccc([N+](=O)[O-])c2)cc1. The largest absolute Gasteiger partial charge is 0.494 e. The maximum atomic E-state index is 12.6. The molecule has 0 saturated heterocycles. The average molecular weight is 457 g/mol. The van der Waals surface area contributed by atoms with E-state index in [2.05, 4.69) is 0 Å². The van der Waals surface area contributed by atoms with E-state index in [1.165, 1.54) is 18.2 Å². The van der Waals surface area contributed by atoms with Gasteiger partial charge in [-0.2, -0.15) is 5.26 Å². The van der Waals surface area contributed by atoms with Gasteiger partial charge in [0.2, 0.25) is 5.88 Å². The van der Waals surface area contributed by atoms with Crippen LogP contribution in [-0.2, 0) is 0 Å². The highest BCUT2D eigenvalue weighted by Gasteiger charge is 2.32. The lowest BCUT2D eigenvalue weighted by Crippen LogP contribution is -2.21. The molecule has 34 heavy (non-hydrogen) atoms. The third-order valence-corrected chi connectivity index (χ3v) is 5.22. The molecule has 1 unspecified atom stereocenters. The number of nitrogens with zero attached hydrogens (tertiary/aromatic N) is 2. The number of carbonyl (C=O) groups excluding carboxylic acids is 1. The van der Waals surface area contributed by atoms with Gasteiger partial charge < -0.3 is 19.9 Å². The van der Waals surface area contributed by atoms with Gasteiger partial charge in [0.15, 0.2) is 0 Å². The Hall–Kier alpha value is -4.84. The number of nitriles is 1. The first kappa shape index (κ1) is 22.4. The van der Waals surface area contributed by atoms with Gasteiger partial charge in [0, 0.05) is 23.8 Å². The monoisotopic (exact) mass is 457 g/mol. The maximum absolute atomic E-state index is 12.6. The second-order valence-electron chi connectivity index (χ2n) is 7.32.